The van der Waals surface area contributed by atoms with Gasteiger partial charge in [0.1, 0.15) is 11.3 Å². The van der Waals surface area contributed by atoms with Crippen LogP contribution < -0.4 is 5.73 Å². The van der Waals surface area contributed by atoms with Crippen LogP contribution >= 0.6 is 0 Å². The fraction of sp³-hybridized carbons (Fsp3) is 0.467. The summed E-state index contributed by atoms with van der Waals surface area (Å²) in [5, 5.41) is 1.29. The van der Waals surface area contributed by atoms with Crippen molar-refractivity contribution in [2.45, 2.75) is 45.1 Å². The lowest BCUT2D eigenvalue weighted by atomic mass is 9.98. The van der Waals surface area contributed by atoms with Gasteiger partial charge in [0.25, 0.3) is 0 Å². The summed E-state index contributed by atoms with van der Waals surface area (Å²) in [6.07, 6.45) is 2.57. The van der Waals surface area contributed by atoms with E-state index in [0.29, 0.717) is 18.4 Å². The Kier molecular flexibility index (Phi) is 2.48. The lowest BCUT2D eigenvalue weighted by Crippen LogP contribution is -1.97. The van der Waals surface area contributed by atoms with E-state index >= 15 is 0 Å². The minimum absolute atomic E-state index is 0.488. The Bertz CT molecular complexity index is 549. The van der Waals surface area contributed by atoms with Crippen LogP contribution in [0.25, 0.3) is 11.0 Å². The number of hydrogen-bond donors (Lipinski definition) is 1. The van der Waals surface area contributed by atoms with E-state index in [1.807, 2.05) is 0 Å². The molecule has 1 aliphatic rings. The molecule has 0 saturated heterocycles. The predicted molar refractivity (Wildman–Crippen MR) is 70.2 cm³/mol. The Labute approximate surface area is 102 Å². The molecule has 3 rings (SSSR count). The minimum atomic E-state index is 0.488. The predicted octanol–water partition coefficient (Wildman–Crippen LogP) is 3.89. The van der Waals surface area contributed by atoms with E-state index in [-0.39, 0.29) is 0 Å². The molecule has 0 unspecified atom stereocenters. The summed E-state index contributed by atoms with van der Waals surface area (Å²) in [6, 6.07) is 6.48. The Morgan fingerprint density at radius 1 is 1.35 bits per heavy atom. The molecule has 2 heteroatoms. The standard InChI is InChI=1S/C15H19NO/c1-9(2)11-4-3-5-12-14(10-6-7-10)13(8-16)17-15(11)12/h3-5,9-10H,6-8,16H2,1-2H3. The summed E-state index contributed by atoms with van der Waals surface area (Å²) in [5.74, 6) is 2.18. The Balaban J connectivity index is 2.28. The Hall–Kier alpha value is -1.28. The number of para-hydroxylation sites is 1. The van der Waals surface area contributed by atoms with E-state index < -0.39 is 0 Å². The number of rotatable bonds is 3. The van der Waals surface area contributed by atoms with Crippen molar-refractivity contribution in [1.29, 1.82) is 0 Å². The molecule has 0 aliphatic heterocycles. The monoisotopic (exact) mass is 229 g/mol. The molecule has 1 fully saturated rings. The summed E-state index contributed by atoms with van der Waals surface area (Å²) in [6.45, 7) is 4.92. The average molecular weight is 229 g/mol. The van der Waals surface area contributed by atoms with Gasteiger partial charge in [-0.25, -0.2) is 0 Å². The SMILES string of the molecule is CC(C)c1cccc2c(C3CC3)c(CN)oc12. The van der Waals surface area contributed by atoms with Crippen molar-refractivity contribution in [2.24, 2.45) is 5.73 Å². The topological polar surface area (TPSA) is 39.2 Å². The van der Waals surface area contributed by atoms with Gasteiger partial charge in [-0.15, -0.1) is 0 Å². The van der Waals surface area contributed by atoms with E-state index in [1.54, 1.807) is 0 Å². The van der Waals surface area contributed by atoms with Crippen LogP contribution in [0.4, 0.5) is 0 Å². The molecule has 1 aromatic heterocycles. The van der Waals surface area contributed by atoms with Crippen LogP contribution in [0.3, 0.4) is 0 Å². The molecule has 0 amide bonds. The highest BCUT2D eigenvalue weighted by Crippen LogP contribution is 2.47. The van der Waals surface area contributed by atoms with Crippen LogP contribution in [0.15, 0.2) is 22.6 Å². The molecule has 90 valence electrons. The van der Waals surface area contributed by atoms with Crippen LogP contribution in [0.2, 0.25) is 0 Å². The van der Waals surface area contributed by atoms with Crippen molar-refractivity contribution in [1.82, 2.24) is 0 Å². The first-order chi connectivity index (χ1) is 8.22. The third-order valence-corrected chi connectivity index (χ3v) is 3.65. The normalized spacial score (nSPS) is 16.0. The third-order valence-electron chi connectivity index (χ3n) is 3.65. The number of benzene rings is 1. The van der Waals surface area contributed by atoms with Gasteiger partial charge < -0.3 is 10.2 Å². The molecule has 1 aromatic carbocycles. The molecule has 2 N–H and O–H groups in total. The molecule has 1 heterocycles. The molecule has 17 heavy (non-hydrogen) atoms. The van der Waals surface area contributed by atoms with Gasteiger partial charge in [-0.2, -0.15) is 0 Å². The van der Waals surface area contributed by atoms with Gasteiger partial charge in [-0.3, -0.25) is 0 Å². The third kappa shape index (κ3) is 1.67. The number of fused-ring (bicyclic) bond motifs is 1. The zero-order valence-electron chi connectivity index (χ0n) is 10.5. The largest absolute Gasteiger partial charge is 0.459 e. The molecule has 2 aromatic rings. The summed E-state index contributed by atoms with van der Waals surface area (Å²) in [4.78, 5) is 0. The molecular formula is C15H19NO. The average Bonchev–Trinajstić information content (AvgIpc) is 3.08. The quantitative estimate of drug-likeness (QED) is 0.867. The summed E-state index contributed by atoms with van der Waals surface area (Å²) >= 11 is 0. The highest BCUT2D eigenvalue weighted by atomic mass is 16.3. The Morgan fingerprint density at radius 2 is 2.12 bits per heavy atom. The van der Waals surface area contributed by atoms with Crippen LogP contribution in [-0.4, -0.2) is 0 Å². The molecule has 1 saturated carbocycles. The fourth-order valence-corrected chi connectivity index (χ4v) is 2.64. The van der Waals surface area contributed by atoms with Crippen molar-refractivity contribution in [3.63, 3.8) is 0 Å². The first-order valence-electron chi connectivity index (χ1n) is 6.46. The van der Waals surface area contributed by atoms with Crippen molar-refractivity contribution < 1.29 is 4.42 Å². The van der Waals surface area contributed by atoms with Gasteiger partial charge in [0.15, 0.2) is 0 Å². The second-order valence-electron chi connectivity index (χ2n) is 5.30. The van der Waals surface area contributed by atoms with Crippen molar-refractivity contribution in [3.05, 3.63) is 35.1 Å². The molecule has 0 radical (unpaired) electrons. The van der Waals surface area contributed by atoms with E-state index in [4.69, 9.17) is 10.2 Å². The first kappa shape index (κ1) is 10.8. The number of furan rings is 1. The highest BCUT2D eigenvalue weighted by molar-refractivity contribution is 5.86. The van der Waals surface area contributed by atoms with Crippen molar-refractivity contribution in [3.8, 4) is 0 Å². The second-order valence-corrected chi connectivity index (χ2v) is 5.30. The van der Waals surface area contributed by atoms with Crippen LogP contribution in [0.5, 0.6) is 0 Å². The summed E-state index contributed by atoms with van der Waals surface area (Å²) < 4.78 is 6.02. The van der Waals surface area contributed by atoms with E-state index in [2.05, 4.69) is 32.0 Å². The van der Waals surface area contributed by atoms with Gasteiger partial charge in [0.2, 0.25) is 0 Å². The maximum atomic E-state index is 6.02. The van der Waals surface area contributed by atoms with E-state index in [0.717, 1.165) is 11.3 Å². The molecule has 2 nitrogen and oxygen atoms in total. The smallest absolute Gasteiger partial charge is 0.138 e. The van der Waals surface area contributed by atoms with Crippen molar-refractivity contribution >= 4 is 11.0 Å². The maximum absolute atomic E-state index is 6.02. The van der Waals surface area contributed by atoms with E-state index in [9.17, 15) is 0 Å². The number of hydrogen-bond acceptors (Lipinski definition) is 2. The van der Waals surface area contributed by atoms with Gasteiger partial charge in [-0.1, -0.05) is 32.0 Å². The minimum Gasteiger partial charge on any atom is -0.459 e. The fourth-order valence-electron chi connectivity index (χ4n) is 2.64. The van der Waals surface area contributed by atoms with Crippen LogP contribution in [-0.2, 0) is 6.54 Å². The lowest BCUT2D eigenvalue weighted by molar-refractivity contribution is 0.540. The van der Waals surface area contributed by atoms with Crippen molar-refractivity contribution in [2.75, 3.05) is 0 Å². The first-order valence-corrected chi connectivity index (χ1v) is 6.46. The molecular weight excluding hydrogens is 210 g/mol. The molecule has 1 aliphatic carbocycles. The van der Waals surface area contributed by atoms with Crippen LogP contribution in [0.1, 0.15) is 55.4 Å². The lowest BCUT2D eigenvalue weighted by Gasteiger charge is -2.05. The number of nitrogens with two attached hydrogens (primary N) is 1. The van der Waals surface area contributed by atoms with Gasteiger partial charge in [0, 0.05) is 10.9 Å². The van der Waals surface area contributed by atoms with Gasteiger partial charge in [-0.05, 0) is 30.2 Å². The molecule has 0 atom stereocenters. The maximum Gasteiger partial charge on any atom is 0.138 e. The van der Waals surface area contributed by atoms with Crippen LogP contribution in [0, 0.1) is 0 Å². The van der Waals surface area contributed by atoms with E-state index in [1.165, 1.54) is 29.4 Å². The zero-order valence-corrected chi connectivity index (χ0v) is 10.5. The highest BCUT2D eigenvalue weighted by Gasteiger charge is 2.30. The Morgan fingerprint density at radius 3 is 2.71 bits per heavy atom. The van der Waals surface area contributed by atoms with Gasteiger partial charge >= 0.3 is 0 Å². The zero-order chi connectivity index (χ0) is 12.0. The molecule has 0 spiro atoms. The summed E-state index contributed by atoms with van der Waals surface area (Å²) in [7, 11) is 0. The summed E-state index contributed by atoms with van der Waals surface area (Å²) in [5.41, 5.74) is 9.55. The second kappa shape index (κ2) is 3.88. The van der Waals surface area contributed by atoms with Gasteiger partial charge in [0.05, 0.1) is 6.54 Å². The molecule has 0 bridgehead atoms.